The molecule has 3 rings (SSSR count). The Hall–Kier alpha value is -2.65. The molecule has 0 unspecified atom stereocenters. The van der Waals surface area contributed by atoms with Crippen molar-refractivity contribution in [1.29, 1.82) is 0 Å². The molecule has 0 spiro atoms. The lowest BCUT2D eigenvalue weighted by Crippen LogP contribution is -2.33. The second-order valence-electron chi connectivity index (χ2n) is 4.45. The molecule has 2 heterocycles. The van der Waals surface area contributed by atoms with Gasteiger partial charge in [0.05, 0.1) is 21.8 Å². The van der Waals surface area contributed by atoms with Crippen LogP contribution in [0.25, 0.3) is 6.08 Å². The first-order valence-electron chi connectivity index (χ1n) is 6.37. The number of anilines is 1. The molecule has 7 nitrogen and oxygen atoms in total. The van der Waals surface area contributed by atoms with Crippen LogP contribution >= 0.6 is 24.0 Å². The zero-order chi connectivity index (χ0) is 16.4. The molecule has 0 aliphatic carbocycles. The van der Waals surface area contributed by atoms with Crippen molar-refractivity contribution in [3.8, 4) is 0 Å². The molecule has 0 radical (unpaired) electrons. The highest BCUT2D eigenvalue weighted by atomic mass is 32.2. The summed E-state index contributed by atoms with van der Waals surface area (Å²) < 4.78 is 5.52. The second kappa shape index (κ2) is 6.23. The van der Waals surface area contributed by atoms with Crippen molar-refractivity contribution in [2.75, 3.05) is 5.43 Å². The van der Waals surface area contributed by atoms with Crippen molar-refractivity contribution in [2.45, 2.75) is 0 Å². The SMILES string of the molecule is O=C1/C(=C\c2ccco2)SC(=S)N1Nc1ccc([N+](=O)[O-])cc1. The molecule has 1 saturated heterocycles. The number of amides is 1. The maximum Gasteiger partial charge on any atom is 0.285 e. The average Bonchev–Trinajstić information content (AvgIpc) is 3.12. The minimum atomic E-state index is -0.491. The predicted molar refractivity (Wildman–Crippen MR) is 90.4 cm³/mol. The van der Waals surface area contributed by atoms with E-state index < -0.39 is 4.92 Å². The third-order valence-corrected chi connectivity index (χ3v) is 4.23. The van der Waals surface area contributed by atoms with Crippen LogP contribution in [0.1, 0.15) is 5.76 Å². The Labute approximate surface area is 140 Å². The van der Waals surface area contributed by atoms with E-state index >= 15 is 0 Å². The number of nitrogens with zero attached hydrogens (tertiary/aromatic N) is 2. The molecule has 1 aromatic carbocycles. The predicted octanol–water partition coefficient (Wildman–Crippen LogP) is 3.42. The summed E-state index contributed by atoms with van der Waals surface area (Å²) >= 11 is 6.33. The fourth-order valence-corrected chi connectivity index (χ4v) is 3.01. The molecule has 1 aliphatic heterocycles. The lowest BCUT2D eigenvalue weighted by Gasteiger charge is -2.16. The smallest absolute Gasteiger partial charge is 0.285 e. The Morgan fingerprint density at radius 2 is 2.04 bits per heavy atom. The quantitative estimate of drug-likeness (QED) is 0.392. The molecule has 9 heteroatoms. The van der Waals surface area contributed by atoms with Gasteiger partial charge in [-0.25, -0.2) is 5.01 Å². The van der Waals surface area contributed by atoms with Gasteiger partial charge in [-0.3, -0.25) is 20.3 Å². The van der Waals surface area contributed by atoms with Gasteiger partial charge in [0.1, 0.15) is 5.76 Å². The van der Waals surface area contributed by atoms with E-state index in [-0.39, 0.29) is 11.6 Å². The Morgan fingerprint density at radius 1 is 1.30 bits per heavy atom. The highest BCUT2D eigenvalue weighted by molar-refractivity contribution is 8.26. The standard InChI is InChI=1S/C14H9N3O4S2/c18-13-12(8-11-2-1-7-21-11)23-14(22)16(13)15-9-3-5-10(6-4-9)17(19)20/h1-8,15H/b12-8+. The fourth-order valence-electron chi connectivity index (χ4n) is 1.85. The molecule has 0 bridgehead atoms. The van der Waals surface area contributed by atoms with Crippen LogP contribution in [0.15, 0.2) is 52.0 Å². The van der Waals surface area contributed by atoms with Crippen LogP contribution in [0.2, 0.25) is 0 Å². The van der Waals surface area contributed by atoms with Gasteiger partial charge in [0.25, 0.3) is 11.6 Å². The van der Waals surface area contributed by atoms with E-state index in [1.54, 1.807) is 18.2 Å². The molecule has 1 aromatic heterocycles. The number of hydrogen-bond acceptors (Lipinski definition) is 7. The normalized spacial score (nSPS) is 16.2. The van der Waals surface area contributed by atoms with E-state index in [0.717, 1.165) is 11.8 Å². The number of hydrogen-bond donors (Lipinski definition) is 1. The number of non-ortho nitro benzene ring substituents is 1. The molecule has 1 fully saturated rings. The van der Waals surface area contributed by atoms with Crippen LogP contribution < -0.4 is 5.43 Å². The maximum absolute atomic E-state index is 12.4. The van der Waals surface area contributed by atoms with Gasteiger partial charge >= 0.3 is 0 Å². The number of benzene rings is 1. The fraction of sp³-hybridized carbons (Fsp3) is 0. The van der Waals surface area contributed by atoms with E-state index in [2.05, 4.69) is 5.43 Å². The third kappa shape index (κ3) is 3.25. The van der Waals surface area contributed by atoms with Crippen molar-refractivity contribution in [2.24, 2.45) is 0 Å². The molecule has 0 atom stereocenters. The van der Waals surface area contributed by atoms with Crippen molar-refractivity contribution in [3.63, 3.8) is 0 Å². The Kier molecular flexibility index (Phi) is 4.13. The molecule has 1 N–H and O–H groups in total. The highest BCUT2D eigenvalue weighted by Gasteiger charge is 2.32. The van der Waals surface area contributed by atoms with Gasteiger partial charge in [0.2, 0.25) is 0 Å². The van der Waals surface area contributed by atoms with E-state index in [0.29, 0.717) is 20.7 Å². The number of carbonyl (C=O) groups excluding carboxylic acids is 1. The van der Waals surface area contributed by atoms with Crippen LogP contribution in [-0.2, 0) is 4.79 Å². The van der Waals surface area contributed by atoms with E-state index in [1.165, 1.54) is 35.5 Å². The molecule has 23 heavy (non-hydrogen) atoms. The van der Waals surface area contributed by atoms with E-state index in [4.69, 9.17) is 16.6 Å². The number of hydrazine groups is 1. The van der Waals surface area contributed by atoms with Gasteiger partial charge in [0.15, 0.2) is 4.32 Å². The largest absolute Gasteiger partial charge is 0.465 e. The first kappa shape index (κ1) is 15.3. The molecule has 116 valence electrons. The molecular formula is C14H9N3O4S2. The average molecular weight is 347 g/mol. The first-order valence-corrected chi connectivity index (χ1v) is 7.59. The number of carbonyl (C=O) groups is 1. The molecule has 0 saturated carbocycles. The second-order valence-corrected chi connectivity index (χ2v) is 6.12. The number of thioether (sulfide) groups is 1. The number of nitro groups is 1. The number of nitrogens with one attached hydrogen (secondary N) is 1. The Balaban J connectivity index is 1.77. The van der Waals surface area contributed by atoms with Gasteiger partial charge in [0, 0.05) is 18.2 Å². The summed E-state index contributed by atoms with van der Waals surface area (Å²) in [4.78, 5) is 22.9. The van der Waals surface area contributed by atoms with Crippen LogP contribution in [0.4, 0.5) is 11.4 Å². The zero-order valence-corrected chi connectivity index (χ0v) is 13.1. The first-order chi connectivity index (χ1) is 11.0. The number of thiocarbonyl (C=S) groups is 1. The van der Waals surface area contributed by atoms with Crippen molar-refractivity contribution in [1.82, 2.24) is 5.01 Å². The molecule has 1 amide bonds. The molecular weight excluding hydrogens is 338 g/mol. The Morgan fingerprint density at radius 3 is 2.65 bits per heavy atom. The molecule has 2 aromatic rings. The van der Waals surface area contributed by atoms with Crippen LogP contribution in [-0.4, -0.2) is 20.2 Å². The number of nitro benzene ring substituents is 1. The number of rotatable bonds is 4. The monoisotopic (exact) mass is 347 g/mol. The Bertz CT molecular complexity index is 800. The summed E-state index contributed by atoms with van der Waals surface area (Å²) in [6.45, 7) is 0. The van der Waals surface area contributed by atoms with Crippen LogP contribution in [0.5, 0.6) is 0 Å². The lowest BCUT2D eigenvalue weighted by atomic mass is 10.3. The number of furan rings is 1. The summed E-state index contributed by atoms with van der Waals surface area (Å²) in [5.74, 6) is 0.246. The van der Waals surface area contributed by atoms with E-state index in [1.807, 2.05) is 0 Å². The van der Waals surface area contributed by atoms with E-state index in [9.17, 15) is 14.9 Å². The van der Waals surface area contributed by atoms with Gasteiger partial charge in [-0.2, -0.15) is 0 Å². The van der Waals surface area contributed by atoms with Crippen LogP contribution in [0.3, 0.4) is 0 Å². The van der Waals surface area contributed by atoms with Crippen molar-refractivity contribution < 1.29 is 14.1 Å². The summed E-state index contributed by atoms with van der Waals surface area (Å²) in [5, 5.41) is 11.9. The summed E-state index contributed by atoms with van der Waals surface area (Å²) in [7, 11) is 0. The van der Waals surface area contributed by atoms with Crippen molar-refractivity contribution in [3.05, 3.63) is 63.4 Å². The minimum absolute atomic E-state index is 0.0290. The topological polar surface area (TPSA) is 88.6 Å². The lowest BCUT2D eigenvalue weighted by molar-refractivity contribution is -0.384. The minimum Gasteiger partial charge on any atom is -0.465 e. The van der Waals surface area contributed by atoms with Gasteiger partial charge in [-0.1, -0.05) is 11.8 Å². The summed E-state index contributed by atoms with van der Waals surface area (Å²) in [6, 6.07) is 9.16. The van der Waals surface area contributed by atoms with Crippen LogP contribution in [0, 0.1) is 10.1 Å². The summed E-state index contributed by atoms with van der Waals surface area (Å²) in [6.07, 6.45) is 3.12. The third-order valence-electron chi connectivity index (χ3n) is 2.93. The van der Waals surface area contributed by atoms with Crippen molar-refractivity contribution >= 4 is 51.7 Å². The molecule has 1 aliphatic rings. The van der Waals surface area contributed by atoms with Gasteiger partial charge in [-0.05, 0) is 36.5 Å². The maximum atomic E-state index is 12.4. The van der Waals surface area contributed by atoms with Gasteiger partial charge < -0.3 is 4.42 Å². The zero-order valence-electron chi connectivity index (χ0n) is 11.5. The highest BCUT2D eigenvalue weighted by Crippen LogP contribution is 2.33. The summed E-state index contributed by atoms with van der Waals surface area (Å²) in [5.41, 5.74) is 3.33. The van der Waals surface area contributed by atoms with Gasteiger partial charge in [-0.15, -0.1) is 0 Å².